The predicted molar refractivity (Wildman–Crippen MR) is 62.8 cm³/mol. The summed E-state index contributed by atoms with van der Waals surface area (Å²) in [6.45, 7) is 11.2. The fourth-order valence-electron chi connectivity index (χ4n) is 1.86. The van der Waals surface area contributed by atoms with Gasteiger partial charge in [-0.3, -0.25) is 9.59 Å². The molecule has 0 heterocycles. The third-order valence-electron chi connectivity index (χ3n) is 4.04. The van der Waals surface area contributed by atoms with E-state index in [1.807, 2.05) is 27.7 Å². The third-order valence-corrected chi connectivity index (χ3v) is 4.04. The molecule has 0 aliphatic rings. The highest BCUT2D eigenvalue weighted by Crippen LogP contribution is 2.40. The van der Waals surface area contributed by atoms with Gasteiger partial charge in [0, 0.05) is 10.8 Å². The van der Waals surface area contributed by atoms with Gasteiger partial charge in [-0.1, -0.05) is 27.7 Å². The molecule has 0 saturated carbocycles. The smallest absolute Gasteiger partial charge is 0.135 e. The highest BCUT2D eigenvalue weighted by Gasteiger charge is 2.39. The summed E-state index contributed by atoms with van der Waals surface area (Å²) in [5.41, 5.74) is -0.702. The molecule has 88 valence electrons. The normalized spacial score (nSPS) is 19.1. The first-order valence-corrected chi connectivity index (χ1v) is 5.74. The number of ketones is 2. The molecule has 0 spiro atoms. The molecule has 0 aromatic rings. The SMILES string of the molecule is CCC(C)(CC(C)(CC)C(C)=O)C(C)=O. The van der Waals surface area contributed by atoms with E-state index >= 15 is 0 Å². The monoisotopic (exact) mass is 212 g/mol. The van der Waals surface area contributed by atoms with Crippen molar-refractivity contribution < 1.29 is 9.59 Å². The van der Waals surface area contributed by atoms with E-state index in [4.69, 9.17) is 0 Å². The molecular weight excluding hydrogens is 188 g/mol. The summed E-state index contributed by atoms with van der Waals surface area (Å²) in [6, 6.07) is 0. The average Bonchev–Trinajstić information content (AvgIpc) is 2.16. The summed E-state index contributed by atoms with van der Waals surface area (Å²) in [4.78, 5) is 23.2. The van der Waals surface area contributed by atoms with E-state index in [0.717, 1.165) is 12.8 Å². The molecule has 0 aliphatic carbocycles. The minimum absolute atomic E-state index is 0.186. The van der Waals surface area contributed by atoms with Crippen molar-refractivity contribution in [1.82, 2.24) is 0 Å². The first kappa shape index (κ1) is 14.3. The summed E-state index contributed by atoms with van der Waals surface area (Å²) in [7, 11) is 0. The number of rotatable bonds is 6. The van der Waals surface area contributed by atoms with E-state index in [1.165, 1.54) is 0 Å². The molecule has 0 amide bonds. The summed E-state index contributed by atoms with van der Waals surface area (Å²) in [5.74, 6) is 0.372. The minimum atomic E-state index is -0.351. The van der Waals surface area contributed by atoms with Crippen molar-refractivity contribution in [3.05, 3.63) is 0 Å². The Hall–Kier alpha value is -0.660. The van der Waals surface area contributed by atoms with Gasteiger partial charge in [0.05, 0.1) is 0 Å². The molecule has 0 aromatic heterocycles. The molecule has 0 fully saturated rings. The van der Waals surface area contributed by atoms with Gasteiger partial charge in [-0.15, -0.1) is 0 Å². The van der Waals surface area contributed by atoms with Gasteiger partial charge in [0.1, 0.15) is 11.6 Å². The Morgan fingerprint density at radius 3 is 1.27 bits per heavy atom. The van der Waals surface area contributed by atoms with Crippen LogP contribution in [0.3, 0.4) is 0 Å². The van der Waals surface area contributed by atoms with Crippen molar-refractivity contribution in [2.75, 3.05) is 0 Å². The molecule has 2 unspecified atom stereocenters. The minimum Gasteiger partial charge on any atom is -0.299 e. The molecule has 0 aliphatic heterocycles. The lowest BCUT2D eigenvalue weighted by molar-refractivity contribution is -0.133. The van der Waals surface area contributed by atoms with Crippen molar-refractivity contribution in [3.8, 4) is 0 Å². The molecule has 0 N–H and O–H groups in total. The Morgan fingerprint density at radius 1 is 0.867 bits per heavy atom. The van der Waals surface area contributed by atoms with Crippen LogP contribution < -0.4 is 0 Å². The summed E-state index contributed by atoms with van der Waals surface area (Å²) < 4.78 is 0. The Morgan fingerprint density at radius 2 is 1.13 bits per heavy atom. The second kappa shape index (κ2) is 4.91. The van der Waals surface area contributed by atoms with Crippen LogP contribution in [0, 0.1) is 10.8 Å². The van der Waals surface area contributed by atoms with Crippen LogP contribution in [0.15, 0.2) is 0 Å². The lowest BCUT2D eigenvalue weighted by Gasteiger charge is -2.35. The molecule has 0 radical (unpaired) electrons. The van der Waals surface area contributed by atoms with Crippen LogP contribution in [0.5, 0.6) is 0 Å². The predicted octanol–water partition coefficient (Wildman–Crippen LogP) is 3.39. The molecule has 15 heavy (non-hydrogen) atoms. The van der Waals surface area contributed by atoms with E-state index < -0.39 is 0 Å². The highest BCUT2D eigenvalue weighted by molar-refractivity contribution is 5.85. The Kier molecular flexibility index (Phi) is 4.69. The first-order valence-electron chi connectivity index (χ1n) is 5.74. The van der Waals surface area contributed by atoms with Crippen LogP contribution in [0.1, 0.15) is 60.8 Å². The number of carbonyl (C=O) groups is 2. The van der Waals surface area contributed by atoms with Crippen molar-refractivity contribution >= 4 is 11.6 Å². The Balaban J connectivity index is 4.95. The van der Waals surface area contributed by atoms with Gasteiger partial charge < -0.3 is 0 Å². The average molecular weight is 212 g/mol. The second-order valence-corrected chi connectivity index (χ2v) is 5.12. The number of hydrogen-bond acceptors (Lipinski definition) is 2. The maximum atomic E-state index is 11.6. The highest BCUT2D eigenvalue weighted by atomic mass is 16.1. The van der Waals surface area contributed by atoms with E-state index in [9.17, 15) is 9.59 Å². The van der Waals surface area contributed by atoms with Crippen molar-refractivity contribution in [3.63, 3.8) is 0 Å². The topological polar surface area (TPSA) is 34.1 Å². The molecule has 2 heteroatoms. The van der Waals surface area contributed by atoms with Gasteiger partial charge in [-0.2, -0.15) is 0 Å². The summed E-state index contributed by atoms with van der Waals surface area (Å²) in [5, 5.41) is 0. The van der Waals surface area contributed by atoms with E-state index in [1.54, 1.807) is 13.8 Å². The van der Waals surface area contributed by atoms with Crippen LogP contribution in [-0.2, 0) is 9.59 Å². The fraction of sp³-hybridized carbons (Fsp3) is 0.846. The zero-order valence-electron chi connectivity index (χ0n) is 10.9. The second-order valence-electron chi connectivity index (χ2n) is 5.12. The number of carbonyl (C=O) groups excluding carboxylic acids is 2. The van der Waals surface area contributed by atoms with Crippen LogP contribution >= 0.6 is 0 Å². The van der Waals surface area contributed by atoms with Crippen LogP contribution in [-0.4, -0.2) is 11.6 Å². The number of hydrogen-bond donors (Lipinski definition) is 0. The van der Waals surface area contributed by atoms with E-state index in [-0.39, 0.29) is 22.4 Å². The quantitative estimate of drug-likeness (QED) is 0.676. The molecular formula is C13H24O2. The van der Waals surface area contributed by atoms with E-state index in [0.29, 0.717) is 6.42 Å². The lowest BCUT2D eigenvalue weighted by atomic mass is 9.67. The van der Waals surface area contributed by atoms with Crippen molar-refractivity contribution in [1.29, 1.82) is 0 Å². The zero-order chi connectivity index (χ0) is 12.3. The summed E-state index contributed by atoms with van der Waals surface area (Å²) >= 11 is 0. The maximum absolute atomic E-state index is 11.6. The molecule has 0 bridgehead atoms. The Bertz CT molecular complexity index is 231. The van der Waals surface area contributed by atoms with Gasteiger partial charge in [0.2, 0.25) is 0 Å². The number of Topliss-reactive ketones (excluding diaryl/α,β-unsaturated/α-hetero) is 2. The first-order chi connectivity index (χ1) is 6.72. The Labute approximate surface area is 93.4 Å². The molecule has 0 saturated heterocycles. The summed E-state index contributed by atoms with van der Waals surface area (Å²) in [6.07, 6.45) is 2.26. The third kappa shape index (κ3) is 3.15. The molecule has 0 aromatic carbocycles. The fourth-order valence-corrected chi connectivity index (χ4v) is 1.86. The van der Waals surface area contributed by atoms with Gasteiger partial charge in [0.25, 0.3) is 0 Å². The maximum Gasteiger partial charge on any atom is 0.135 e. The van der Waals surface area contributed by atoms with Gasteiger partial charge in [-0.25, -0.2) is 0 Å². The standard InChI is InChI=1S/C13H24O2/c1-7-12(5,10(3)14)9-13(6,8-2)11(4)15/h7-9H2,1-6H3. The molecule has 0 rings (SSSR count). The van der Waals surface area contributed by atoms with Crippen LogP contribution in [0.25, 0.3) is 0 Å². The van der Waals surface area contributed by atoms with Gasteiger partial charge in [0.15, 0.2) is 0 Å². The van der Waals surface area contributed by atoms with Crippen molar-refractivity contribution in [2.24, 2.45) is 10.8 Å². The van der Waals surface area contributed by atoms with Crippen molar-refractivity contribution in [2.45, 2.75) is 60.8 Å². The van der Waals surface area contributed by atoms with E-state index in [2.05, 4.69) is 0 Å². The van der Waals surface area contributed by atoms with Crippen LogP contribution in [0.2, 0.25) is 0 Å². The van der Waals surface area contributed by atoms with Gasteiger partial charge in [-0.05, 0) is 33.1 Å². The molecule has 2 atom stereocenters. The van der Waals surface area contributed by atoms with Crippen LogP contribution in [0.4, 0.5) is 0 Å². The molecule has 2 nitrogen and oxygen atoms in total. The largest absolute Gasteiger partial charge is 0.299 e. The van der Waals surface area contributed by atoms with Gasteiger partial charge >= 0.3 is 0 Å². The lowest BCUT2D eigenvalue weighted by Crippen LogP contribution is -2.36. The zero-order valence-corrected chi connectivity index (χ0v) is 10.9.